The fourth-order valence-electron chi connectivity index (χ4n) is 1.29. The minimum Gasteiger partial charge on any atom is -0.480 e. The average molecular weight is 238 g/mol. The second-order valence-electron chi connectivity index (χ2n) is 3.96. The topological polar surface area (TPSA) is 89.3 Å². The van der Waals surface area contributed by atoms with Crippen molar-refractivity contribution in [3.8, 4) is 0 Å². The van der Waals surface area contributed by atoms with Crippen molar-refractivity contribution in [1.29, 1.82) is 0 Å². The number of nitrogens with two attached hydrogens (primary N) is 2. The number of rotatable bonds is 4. The molecule has 1 aromatic carbocycles. The maximum Gasteiger partial charge on any atom is 0.323 e. The van der Waals surface area contributed by atoms with E-state index >= 15 is 0 Å². The van der Waals surface area contributed by atoms with E-state index in [1.165, 1.54) is 6.92 Å². The number of hydrogen-bond acceptors (Lipinski definition) is 3. The van der Waals surface area contributed by atoms with Crippen molar-refractivity contribution < 1.29 is 9.90 Å². The Morgan fingerprint density at radius 3 is 2.31 bits per heavy atom. The lowest BCUT2D eigenvalue weighted by molar-refractivity contribution is -0.142. The average Bonchev–Trinajstić information content (AvgIpc) is 2.17. The molecule has 0 saturated heterocycles. The summed E-state index contributed by atoms with van der Waals surface area (Å²) in [6.45, 7) is 1.48. The predicted molar refractivity (Wildman–Crippen MR) is 66.3 cm³/mol. The largest absolute Gasteiger partial charge is 0.480 e. The Balaban J connectivity index is 2.84. The van der Waals surface area contributed by atoms with Crippen molar-refractivity contribution in [1.82, 2.24) is 0 Å². The summed E-state index contributed by atoms with van der Waals surface area (Å²) in [6.07, 6.45) is 0.264. The first-order valence-corrected chi connectivity index (χ1v) is 5.15. The van der Waals surface area contributed by atoms with Crippen molar-refractivity contribution in [3.05, 3.63) is 35.4 Å². The third-order valence-corrected chi connectivity index (χ3v) is 2.53. The summed E-state index contributed by atoms with van der Waals surface area (Å²) in [5.74, 6) is -1.02. The fraction of sp³-hybridized carbons (Fsp3) is 0.273. The van der Waals surface area contributed by atoms with Gasteiger partial charge in [0.25, 0.3) is 0 Å². The van der Waals surface area contributed by atoms with Crippen molar-refractivity contribution in [2.75, 3.05) is 0 Å². The Labute approximate surface area is 99.3 Å². The van der Waals surface area contributed by atoms with Crippen molar-refractivity contribution in [2.24, 2.45) is 11.5 Å². The van der Waals surface area contributed by atoms with E-state index in [1.807, 2.05) is 0 Å². The highest BCUT2D eigenvalue weighted by Crippen LogP contribution is 2.12. The molecule has 0 saturated carbocycles. The molecule has 5 heteroatoms. The third kappa shape index (κ3) is 3.01. The lowest BCUT2D eigenvalue weighted by Crippen LogP contribution is -2.46. The van der Waals surface area contributed by atoms with Gasteiger partial charge < -0.3 is 16.6 Å². The van der Waals surface area contributed by atoms with Crippen LogP contribution in [0.1, 0.15) is 18.1 Å². The number of aliphatic carboxylic acids is 1. The Hall–Kier alpha value is -1.46. The molecule has 5 N–H and O–H groups in total. The van der Waals surface area contributed by atoms with Crippen molar-refractivity contribution in [3.63, 3.8) is 0 Å². The number of benzene rings is 1. The summed E-state index contributed by atoms with van der Waals surface area (Å²) < 4.78 is 0. The second-order valence-corrected chi connectivity index (χ2v) is 4.40. The molecule has 0 aromatic heterocycles. The van der Waals surface area contributed by atoms with E-state index in [-0.39, 0.29) is 6.42 Å². The van der Waals surface area contributed by atoms with Crippen LogP contribution in [0.25, 0.3) is 0 Å². The Morgan fingerprint density at radius 1 is 1.44 bits per heavy atom. The number of hydrogen-bond donors (Lipinski definition) is 3. The van der Waals surface area contributed by atoms with E-state index in [1.54, 1.807) is 24.3 Å². The van der Waals surface area contributed by atoms with Crippen LogP contribution in [0.3, 0.4) is 0 Å². The molecule has 1 unspecified atom stereocenters. The molecule has 0 fully saturated rings. The van der Waals surface area contributed by atoms with Gasteiger partial charge in [0.2, 0.25) is 0 Å². The van der Waals surface area contributed by atoms with Gasteiger partial charge >= 0.3 is 5.97 Å². The van der Waals surface area contributed by atoms with Crippen LogP contribution in [0.2, 0.25) is 0 Å². The normalized spacial score (nSPS) is 14.1. The van der Waals surface area contributed by atoms with Gasteiger partial charge in [0.05, 0.1) is 0 Å². The molecule has 1 atom stereocenters. The predicted octanol–water partition coefficient (Wildman–Crippen LogP) is 0.665. The summed E-state index contributed by atoms with van der Waals surface area (Å²) in [5.41, 5.74) is 11.4. The van der Waals surface area contributed by atoms with Gasteiger partial charge in [0, 0.05) is 12.0 Å². The zero-order valence-electron chi connectivity index (χ0n) is 8.93. The number of thiocarbonyl (C=S) groups is 1. The molecule has 16 heavy (non-hydrogen) atoms. The minimum absolute atomic E-state index is 0.264. The second kappa shape index (κ2) is 4.59. The fourth-order valence-corrected chi connectivity index (χ4v) is 1.42. The monoisotopic (exact) mass is 238 g/mol. The van der Waals surface area contributed by atoms with E-state index in [0.717, 1.165) is 11.1 Å². The van der Waals surface area contributed by atoms with Crippen LogP contribution in [0, 0.1) is 0 Å². The van der Waals surface area contributed by atoms with E-state index in [9.17, 15) is 4.79 Å². The quantitative estimate of drug-likeness (QED) is 0.671. The van der Waals surface area contributed by atoms with Crippen LogP contribution in [-0.2, 0) is 11.2 Å². The highest BCUT2D eigenvalue weighted by molar-refractivity contribution is 7.80. The van der Waals surface area contributed by atoms with Gasteiger partial charge in [-0.1, -0.05) is 36.5 Å². The Bertz CT molecular complexity index is 412. The maximum absolute atomic E-state index is 10.8. The standard InChI is InChI=1S/C11H14N2O2S/c1-11(13,10(14)15)6-7-2-4-8(5-3-7)9(12)16/h2-5H,6,13H2,1H3,(H2,12,16)(H,14,15). The highest BCUT2D eigenvalue weighted by atomic mass is 32.1. The molecule has 0 aliphatic rings. The maximum atomic E-state index is 10.8. The molecule has 1 rings (SSSR count). The van der Waals surface area contributed by atoms with Crippen LogP contribution in [0.4, 0.5) is 0 Å². The zero-order chi connectivity index (χ0) is 12.3. The molecule has 4 nitrogen and oxygen atoms in total. The smallest absolute Gasteiger partial charge is 0.323 e. The first-order chi connectivity index (χ1) is 7.33. The van der Waals surface area contributed by atoms with E-state index in [2.05, 4.69) is 0 Å². The third-order valence-electron chi connectivity index (χ3n) is 2.30. The van der Waals surface area contributed by atoms with Gasteiger partial charge in [-0.05, 0) is 12.5 Å². The molecule has 0 heterocycles. The molecule has 0 amide bonds. The van der Waals surface area contributed by atoms with Gasteiger partial charge in [0.15, 0.2) is 0 Å². The van der Waals surface area contributed by atoms with Crippen LogP contribution < -0.4 is 11.5 Å². The summed E-state index contributed by atoms with van der Waals surface area (Å²) in [7, 11) is 0. The van der Waals surface area contributed by atoms with Crippen LogP contribution in [0.5, 0.6) is 0 Å². The molecule has 0 aliphatic heterocycles. The van der Waals surface area contributed by atoms with Gasteiger partial charge in [0.1, 0.15) is 10.5 Å². The van der Waals surface area contributed by atoms with Gasteiger partial charge in [-0.25, -0.2) is 0 Å². The summed E-state index contributed by atoms with van der Waals surface area (Å²) >= 11 is 4.82. The van der Waals surface area contributed by atoms with Crippen LogP contribution in [-0.4, -0.2) is 21.6 Å². The number of carboxylic acid groups (broad SMARTS) is 1. The van der Waals surface area contributed by atoms with Crippen molar-refractivity contribution >= 4 is 23.2 Å². The molecule has 0 radical (unpaired) electrons. The van der Waals surface area contributed by atoms with Gasteiger partial charge in [-0.15, -0.1) is 0 Å². The van der Waals surface area contributed by atoms with E-state index in [0.29, 0.717) is 4.99 Å². The number of carbonyl (C=O) groups is 1. The molecule has 86 valence electrons. The first-order valence-electron chi connectivity index (χ1n) is 4.74. The van der Waals surface area contributed by atoms with Gasteiger partial charge in [-0.3, -0.25) is 4.79 Å². The van der Waals surface area contributed by atoms with Crippen LogP contribution in [0.15, 0.2) is 24.3 Å². The number of carboxylic acids is 1. The minimum atomic E-state index is -1.26. The summed E-state index contributed by atoms with van der Waals surface area (Å²) in [6, 6.07) is 7.08. The first kappa shape index (κ1) is 12.6. The zero-order valence-corrected chi connectivity index (χ0v) is 9.75. The summed E-state index contributed by atoms with van der Waals surface area (Å²) in [5, 5.41) is 8.88. The van der Waals surface area contributed by atoms with Crippen molar-refractivity contribution in [2.45, 2.75) is 18.9 Å². The molecular weight excluding hydrogens is 224 g/mol. The van der Waals surface area contributed by atoms with E-state index in [4.69, 9.17) is 28.8 Å². The Kier molecular flexibility index (Phi) is 3.62. The van der Waals surface area contributed by atoms with Gasteiger partial charge in [-0.2, -0.15) is 0 Å². The van der Waals surface area contributed by atoms with E-state index < -0.39 is 11.5 Å². The SMILES string of the molecule is CC(N)(Cc1ccc(C(N)=S)cc1)C(=O)O. The molecule has 0 aliphatic carbocycles. The van der Waals surface area contributed by atoms with Crippen LogP contribution >= 0.6 is 12.2 Å². The lowest BCUT2D eigenvalue weighted by atomic mass is 9.94. The Morgan fingerprint density at radius 2 is 1.94 bits per heavy atom. The lowest BCUT2D eigenvalue weighted by Gasteiger charge is -2.19. The molecule has 0 bridgehead atoms. The molecule has 1 aromatic rings. The molecule has 0 spiro atoms. The summed E-state index contributed by atoms with van der Waals surface area (Å²) in [4.78, 5) is 11.2. The molecular formula is C11H14N2O2S. The highest BCUT2D eigenvalue weighted by Gasteiger charge is 2.27.